The first-order chi connectivity index (χ1) is 16.7. The number of hydrogen-bond donors (Lipinski definition) is 1. The van der Waals surface area contributed by atoms with Gasteiger partial charge >= 0.3 is 0 Å². The number of likely N-dealkylation sites (tertiary alicyclic amines) is 1. The highest BCUT2D eigenvalue weighted by molar-refractivity contribution is 6.04. The van der Waals surface area contributed by atoms with Crippen LogP contribution >= 0.6 is 0 Å². The summed E-state index contributed by atoms with van der Waals surface area (Å²) in [5.74, 6) is 1.37. The third-order valence-corrected chi connectivity index (χ3v) is 6.56. The third-order valence-electron chi connectivity index (χ3n) is 6.56. The van der Waals surface area contributed by atoms with Crippen LogP contribution in [0.2, 0.25) is 0 Å². The van der Waals surface area contributed by atoms with E-state index in [0.717, 1.165) is 68.1 Å². The molecule has 1 aliphatic rings. The molecule has 1 N–H and O–H groups in total. The van der Waals surface area contributed by atoms with Crippen molar-refractivity contribution in [2.45, 2.75) is 46.1 Å². The molecule has 0 bridgehead atoms. The molecule has 1 saturated heterocycles. The molecule has 0 radical (unpaired) electrons. The van der Waals surface area contributed by atoms with Gasteiger partial charge < -0.3 is 5.32 Å². The summed E-state index contributed by atoms with van der Waals surface area (Å²) < 4.78 is 0. The van der Waals surface area contributed by atoms with Gasteiger partial charge in [0.1, 0.15) is 12.1 Å². The molecule has 0 unspecified atom stereocenters. The molecule has 2 heterocycles. The number of aryl methyl sites for hydroxylation is 1. The summed E-state index contributed by atoms with van der Waals surface area (Å²) in [5, 5.41) is 3.38. The maximum Gasteiger partial charge on any atom is 0.185 e. The van der Waals surface area contributed by atoms with Crippen molar-refractivity contribution in [3.8, 4) is 0 Å². The van der Waals surface area contributed by atoms with Crippen molar-refractivity contribution >= 4 is 17.3 Å². The molecule has 0 atom stereocenters. The van der Waals surface area contributed by atoms with E-state index in [4.69, 9.17) is 0 Å². The molecule has 5 heteroatoms. The number of piperidine rings is 1. The van der Waals surface area contributed by atoms with E-state index in [1.165, 1.54) is 5.56 Å². The predicted molar refractivity (Wildman–Crippen MR) is 138 cm³/mol. The minimum Gasteiger partial charge on any atom is -0.340 e. The first-order valence-corrected chi connectivity index (χ1v) is 12.3. The minimum atomic E-state index is 0.0582. The van der Waals surface area contributed by atoms with Crippen LogP contribution in [-0.4, -0.2) is 33.7 Å². The monoisotopic (exact) mass is 454 g/mol. The predicted octanol–water partition coefficient (Wildman–Crippen LogP) is 6.00. The number of benzene rings is 2. The van der Waals surface area contributed by atoms with E-state index in [1.54, 1.807) is 12.4 Å². The molecule has 0 amide bonds. The molecule has 176 valence electrons. The number of hydrogen-bond acceptors (Lipinski definition) is 5. The molecule has 1 aliphatic heterocycles. The smallest absolute Gasteiger partial charge is 0.185 e. The summed E-state index contributed by atoms with van der Waals surface area (Å²) in [6.07, 6.45) is 9.41. The van der Waals surface area contributed by atoms with E-state index in [-0.39, 0.29) is 5.78 Å². The lowest BCUT2D eigenvalue weighted by Gasteiger charge is -2.30. The fourth-order valence-corrected chi connectivity index (χ4v) is 4.55. The Labute approximate surface area is 203 Å². The standard InChI is InChI=1S/C29H34N4O/c1-3-26-27(4-2)30-21-31-29(26)32-25-13-11-24(12-14-25)28(34)15-10-22-16-18-33(19-17-22)20-23-8-6-5-7-9-23/h5-15,21-22H,3-4,16-20H2,1-2H3,(H,30,31,32)/b15-10+. The molecular formula is C29H34N4O. The van der Waals surface area contributed by atoms with Crippen LogP contribution in [0.3, 0.4) is 0 Å². The molecule has 1 fully saturated rings. The normalized spacial score (nSPS) is 15.0. The molecule has 2 aromatic carbocycles. The first kappa shape index (κ1) is 23.8. The Morgan fingerprint density at radius 3 is 2.41 bits per heavy atom. The lowest BCUT2D eigenvalue weighted by molar-refractivity contribution is 0.104. The highest BCUT2D eigenvalue weighted by Gasteiger charge is 2.17. The molecule has 0 spiro atoms. The highest BCUT2D eigenvalue weighted by atomic mass is 16.1. The van der Waals surface area contributed by atoms with Crippen molar-refractivity contribution in [2.75, 3.05) is 18.4 Å². The Kier molecular flexibility index (Phi) is 8.21. The summed E-state index contributed by atoms with van der Waals surface area (Å²) in [6, 6.07) is 18.3. The van der Waals surface area contributed by atoms with Crippen LogP contribution in [-0.2, 0) is 19.4 Å². The molecule has 3 aromatic rings. The largest absolute Gasteiger partial charge is 0.340 e. The Hall–Kier alpha value is -3.31. The number of aromatic nitrogens is 2. The fourth-order valence-electron chi connectivity index (χ4n) is 4.55. The van der Waals surface area contributed by atoms with Crippen LogP contribution in [0.5, 0.6) is 0 Å². The zero-order valence-electron chi connectivity index (χ0n) is 20.2. The topological polar surface area (TPSA) is 58.1 Å². The first-order valence-electron chi connectivity index (χ1n) is 12.3. The number of anilines is 2. The van der Waals surface area contributed by atoms with Crippen LogP contribution in [0.4, 0.5) is 11.5 Å². The second kappa shape index (κ2) is 11.7. The zero-order valence-corrected chi connectivity index (χ0v) is 20.2. The van der Waals surface area contributed by atoms with Gasteiger partial charge in [-0.15, -0.1) is 0 Å². The van der Waals surface area contributed by atoms with E-state index in [9.17, 15) is 4.79 Å². The van der Waals surface area contributed by atoms with Crippen LogP contribution in [0.1, 0.15) is 53.9 Å². The fraction of sp³-hybridized carbons (Fsp3) is 0.345. The SMILES string of the molecule is CCc1ncnc(Nc2ccc(C(=O)/C=C/C3CCN(Cc4ccccc4)CC3)cc2)c1CC. The maximum atomic E-state index is 12.7. The van der Waals surface area contributed by atoms with Crippen molar-refractivity contribution in [3.63, 3.8) is 0 Å². The third kappa shape index (κ3) is 6.17. The molecule has 4 rings (SSSR count). The van der Waals surface area contributed by atoms with E-state index >= 15 is 0 Å². The number of nitrogens with zero attached hydrogens (tertiary/aromatic N) is 3. The van der Waals surface area contributed by atoms with Gasteiger partial charge in [-0.3, -0.25) is 9.69 Å². The average molecular weight is 455 g/mol. The number of nitrogens with one attached hydrogen (secondary N) is 1. The van der Waals surface area contributed by atoms with Crippen LogP contribution in [0.15, 0.2) is 73.1 Å². The number of carbonyl (C=O) groups excluding carboxylic acids is 1. The summed E-state index contributed by atoms with van der Waals surface area (Å²) in [7, 11) is 0. The molecule has 34 heavy (non-hydrogen) atoms. The van der Waals surface area contributed by atoms with Crippen LogP contribution < -0.4 is 5.32 Å². The van der Waals surface area contributed by atoms with Crippen molar-refractivity contribution in [1.82, 2.24) is 14.9 Å². The van der Waals surface area contributed by atoms with Gasteiger partial charge in [0, 0.05) is 29.1 Å². The van der Waals surface area contributed by atoms with Gasteiger partial charge in [-0.25, -0.2) is 9.97 Å². The highest BCUT2D eigenvalue weighted by Crippen LogP contribution is 2.23. The quantitative estimate of drug-likeness (QED) is 0.318. The molecule has 0 saturated carbocycles. The Bertz CT molecular complexity index is 1100. The average Bonchev–Trinajstić information content (AvgIpc) is 2.89. The van der Waals surface area contributed by atoms with Gasteiger partial charge in [0.05, 0.1) is 0 Å². The summed E-state index contributed by atoms with van der Waals surface area (Å²) in [6.45, 7) is 7.37. The summed E-state index contributed by atoms with van der Waals surface area (Å²) in [5.41, 5.74) is 5.20. The Morgan fingerprint density at radius 2 is 1.74 bits per heavy atom. The summed E-state index contributed by atoms with van der Waals surface area (Å²) >= 11 is 0. The molecule has 5 nitrogen and oxygen atoms in total. The lowest BCUT2D eigenvalue weighted by Crippen LogP contribution is -2.32. The maximum absolute atomic E-state index is 12.7. The molecule has 1 aromatic heterocycles. The second-order valence-corrected chi connectivity index (χ2v) is 8.88. The summed E-state index contributed by atoms with van der Waals surface area (Å²) in [4.78, 5) is 24.0. The van der Waals surface area contributed by atoms with Crippen molar-refractivity contribution in [3.05, 3.63) is 95.5 Å². The van der Waals surface area contributed by atoms with E-state index < -0.39 is 0 Å². The van der Waals surface area contributed by atoms with Crippen molar-refractivity contribution < 1.29 is 4.79 Å². The van der Waals surface area contributed by atoms with Gasteiger partial charge in [-0.1, -0.05) is 50.3 Å². The number of ketones is 1. The molecular weight excluding hydrogens is 420 g/mol. The minimum absolute atomic E-state index is 0.0582. The number of allylic oxidation sites excluding steroid dienone is 2. The Balaban J connectivity index is 1.29. The van der Waals surface area contributed by atoms with E-state index in [1.807, 2.05) is 24.3 Å². The van der Waals surface area contributed by atoms with Crippen LogP contribution in [0.25, 0.3) is 0 Å². The van der Waals surface area contributed by atoms with Crippen molar-refractivity contribution in [1.29, 1.82) is 0 Å². The van der Waals surface area contributed by atoms with Gasteiger partial charge in [-0.05, 0) is 80.6 Å². The number of rotatable bonds is 9. The van der Waals surface area contributed by atoms with Gasteiger partial charge in [-0.2, -0.15) is 0 Å². The van der Waals surface area contributed by atoms with Crippen molar-refractivity contribution in [2.24, 2.45) is 5.92 Å². The molecule has 0 aliphatic carbocycles. The van der Waals surface area contributed by atoms with Gasteiger partial charge in [0.15, 0.2) is 5.78 Å². The number of carbonyl (C=O) groups is 1. The lowest BCUT2D eigenvalue weighted by atomic mass is 9.95. The Morgan fingerprint density at radius 1 is 1.00 bits per heavy atom. The van der Waals surface area contributed by atoms with E-state index in [2.05, 4.69) is 70.4 Å². The van der Waals surface area contributed by atoms with Gasteiger partial charge in [0.25, 0.3) is 0 Å². The van der Waals surface area contributed by atoms with Gasteiger partial charge in [0.2, 0.25) is 0 Å². The van der Waals surface area contributed by atoms with E-state index in [0.29, 0.717) is 11.5 Å². The van der Waals surface area contributed by atoms with Crippen LogP contribution in [0, 0.1) is 5.92 Å². The zero-order chi connectivity index (χ0) is 23.8. The second-order valence-electron chi connectivity index (χ2n) is 8.88.